The van der Waals surface area contributed by atoms with E-state index in [1.54, 1.807) is 0 Å². The van der Waals surface area contributed by atoms with Crippen molar-refractivity contribution in [3.8, 4) is 0 Å². The number of rotatable bonds is 5. The van der Waals surface area contributed by atoms with E-state index in [-0.39, 0.29) is 16.7 Å². The maximum atomic E-state index is 12.0. The predicted molar refractivity (Wildman–Crippen MR) is 69.5 cm³/mol. The summed E-state index contributed by atoms with van der Waals surface area (Å²) in [6, 6.07) is 0. The van der Waals surface area contributed by atoms with Crippen LogP contribution in [0.5, 0.6) is 0 Å². The van der Waals surface area contributed by atoms with E-state index >= 15 is 0 Å². The van der Waals surface area contributed by atoms with Crippen LogP contribution in [0.1, 0.15) is 52.4 Å². The Balaban J connectivity index is 1.82. The van der Waals surface area contributed by atoms with Gasteiger partial charge >= 0.3 is 0 Å². The maximum absolute atomic E-state index is 12.0. The second-order valence-corrected chi connectivity index (χ2v) is 6.64. The smallest absolute Gasteiger partial charge is 0.227 e. The molecular weight excluding hydrogens is 212 g/mol. The average molecular weight is 238 g/mol. The van der Waals surface area contributed by atoms with Crippen LogP contribution in [0.3, 0.4) is 0 Å². The van der Waals surface area contributed by atoms with Crippen molar-refractivity contribution in [1.29, 1.82) is 0 Å². The Kier molecular flexibility index (Phi) is 3.48. The molecule has 0 aliphatic heterocycles. The molecule has 0 saturated heterocycles. The lowest BCUT2D eigenvalue weighted by molar-refractivity contribution is -0.126. The number of carbonyl (C=O) groups excluding carboxylic acids is 1. The van der Waals surface area contributed by atoms with Gasteiger partial charge in [-0.05, 0) is 37.0 Å². The van der Waals surface area contributed by atoms with Crippen molar-refractivity contribution < 1.29 is 4.79 Å². The Bertz CT molecular complexity index is 289. The lowest BCUT2D eigenvalue weighted by Gasteiger charge is -2.32. The molecule has 3 nitrogen and oxygen atoms in total. The summed E-state index contributed by atoms with van der Waals surface area (Å²) in [6.45, 7) is 5.87. The van der Waals surface area contributed by atoms with E-state index in [4.69, 9.17) is 5.73 Å². The maximum Gasteiger partial charge on any atom is 0.227 e. The molecule has 2 rings (SSSR count). The molecule has 3 heteroatoms. The number of hydrogen-bond donors (Lipinski definition) is 2. The van der Waals surface area contributed by atoms with E-state index in [0.29, 0.717) is 6.54 Å². The Morgan fingerprint density at radius 3 is 2.41 bits per heavy atom. The van der Waals surface area contributed by atoms with E-state index in [2.05, 4.69) is 19.2 Å². The van der Waals surface area contributed by atoms with Crippen molar-refractivity contribution in [2.75, 3.05) is 13.1 Å². The molecule has 98 valence electrons. The molecule has 2 aliphatic rings. The fraction of sp³-hybridized carbons (Fsp3) is 0.929. The largest absolute Gasteiger partial charge is 0.355 e. The lowest BCUT2D eigenvalue weighted by atomic mass is 9.77. The molecule has 2 saturated carbocycles. The first-order valence-corrected chi connectivity index (χ1v) is 6.99. The van der Waals surface area contributed by atoms with Gasteiger partial charge in [0.25, 0.3) is 0 Å². The van der Waals surface area contributed by atoms with Crippen molar-refractivity contribution in [3.63, 3.8) is 0 Å². The molecular formula is C14H26N2O. The van der Waals surface area contributed by atoms with Crippen LogP contribution in [0.4, 0.5) is 0 Å². The first-order valence-electron chi connectivity index (χ1n) is 6.99. The van der Waals surface area contributed by atoms with E-state index in [9.17, 15) is 4.79 Å². The number of carbonyl (C=O) groups is 1. The Labute approximate surface area is 105 Å². The van der Waals surface area contributed by atoms with Gasteiger partial charge in [-0.2, -0.15) is 0 Å². The normalized spacial score (nSPS) is 23.7. The number of nitrogens with one attached hydrogen (secondary N) is 1. The molecule has 0 aromatic heterocycles. The van der Waals surface area contributed by atoms with Gasteiger partial charge in [-0.3, -0.25) is 4.79 Å². The van der Waals surface area contributed by atoms with E-state index in [1.807, 2.05) is 0 Å². The van der Waals surface area contributed by atoms with Crippen molar-refractivity contribution >= 4 is 5.91 Å². The molecule has 17 heavy (non-hydrogen) atoms. The second kappa shape index (κ2) is 4.60. The average Bonchev–Trinajstić information content (AvgIpc) is 2.90. The van der Waals surface area contributed by atoms with Gasteiger partial charge in [0.2, 0.25) is 5.91 Å². The highest BCUT2D eigenvalue weighted by Gasteiger charge is 2.48. The first-order chi connectivity index (χ1) is 8.00. The summed E-state index contributed by atoms with van der Waals surface area (Å²) in [6.07, 6.45) is 7.30. The third-order valence-electron chi connectivity index (χ3n) is 4.89. The minimum absolute atomic E-state index is 0.186. The lowest BCUT2D eigenvalue weighted by Crippen LogP contribution is -2.43. The standard InChI is InChI=1S/C14H26N2O/c1-13(2,11-5-3-4-6-11)10-16-12(17)14(9-15)7-8-14/h11H,3-10,15H2,1-2H3,(H,16,17). The van der Waals surface area contributed by atoms with E-state index in [1.165, 1.54) is 25.7 Å². The van der Waals surface area contributed by atoms with Crippen LogP contribution in [-0.2, 0) is 4.79 Å². The van der Waals surface area contributed by atoms with Gasteiger partial charge in [-0.1, -0.05) is 26.7 Å². The number of amides is 1. The second-order valence-electron chi connectivity index (χ2n) is 6.64. The van der Waals surface area contributed by atoms with Crippen molar-refractivity contribution in [1.82, 2.24) is 5.32 Å². The fourth-order valence-corrected chi connectivity index (χ4v) is 3.02. The van der Waals surface area contributed by atoms with Crippen LogP contribution < -0.4 is 11.1 Å². The van der Waals surface area contributed by atoms with Crippen LogP contribution in [0.25, 0.3) is 0 Å². The van der Waals surface area contributed by atoms with Crippen LogP contribution in [0.15, 0.2) is 0 Å². The van der Waals surface area contributed by atoms with Crippen LogP contribution in [0, 0.1) is 16.7 Å². The Hall–Kier alpha value is -0.570. The first kappa shape index (κ1) is 12.9. The van der Waals surface area contributed by atoms with Gasteiger partial charge in [0, 0.05) is 13.1 Å². The Morgan fingerprint density at radius 1 is 1.35 bits per heavy atom. The summed E-state index contributed by atoms with van der Waals surface area (Å²) in [5.41, 5.74) is 5.70. The molecule has 0 bridgehead atoms. The van der Waals surface area contributed by atoms with Gasteiger partial charge in [-0.25, -0.2) is 0 Å². The Morgan fingerprint density at radius 2 is 1.94 bits per heavy atom. The number of hydrogen-bond acceptors (Lipinski definition) is 2. The molecule has 2 fully saturated rings. The summed E-state index contributed by atoms with van der Waals surface area (Å²) in [5.74, 6) is 0.960. The minimum Gasteiger partial charge on any atom is -0.355 e. The highest BCUT2D eigenvalue weighted by Crippen LogP contribution is 2.45. The van der Waals surface area contributed by atoms with Gasteiger partial charge in [0.1, 0.15) is 0 Å². The molecule has 3 N–H and O–H groups in total. The van der Waals surface area contributed by atoms with Crippen molar-refractivity contribution in [3.05, 3.63) is 0 Å². The molecule has 2 aliphatic carbocycles. The zero-order valence-electron chi connectivity index (χ0n) is 11.2. The third kappa shape index (κ3) is 2.65. The summed E-state index contributed by atoms with van der Waals surface area (Å²) in [7, 11) is 0. The van der Waals surface area contributed by atoms with Crippen LogP contribution in [0.2, 0.25) is 0 Å². The summed E-state index contributed by atoms with van der Waals surface area (Å²) in [5, 5.41) is 3.13. The summed E-state index contributed by atoms with van der Waals surface area (Å²) < 4.78 is 0. The van der Waals surface area contributed by atoms with Crippen LogP contribution in [-0.4, -0.2) is 19.0 Å². The molecule has 0 aromatic rings. The molecule has 0 unspecified atom stereocenters. The molecule has 1 amide bonds. The quantitative estimate of drug-likeness (QED) is 0.770. The zero-order chi connectivity index (χ0) is 12.5. The van der Waals surface area contributed by atoms with Gasteiger partial charge in [0.05, 0.1) is 5.41 Å². The highest BCUT2D eigenvalue weighted by molar-refractivity contribution is 5.85. The topological polar surface area (TPSA) is 55.1 Å². The van der Waals surface area contributed by atoms with Gasteiger partial charge < -0.3 is 11.1 Å². The monoisotopic (exact) mass is 238 g/mol. The van der Waals surface area contributed by atoms with E-state index < -0.39 is 0 Å². The molecule has 0 heterocycles. The molecule has 0 spiro atoms. The summed E-state index contributed by atoms with van der Waals surface area (Å²) >= 11 is 0. The molecule has 0 atom stereocenters. The van der Waals surface area contributed by atoms with Gasteiger partial charge in [0.15, 0.2) is 0 Å². The highest BCUT2D eigenvalue weighted by atomic mass is 16.2. The third-order valence-corrected chi connectivity index (χ3v) is 4.89. The number of nitrogens with two attached hydrogens (primary N) is 1. The zero-order valence-corrected chi connectivity index (χ0v) is 11.2. The molecule has 0 aromatic carbocycles. The summed E-state index contributed by atoms with van der Waals surface area (Å²) in [4.78, 5) is 12.0. The fourth-order valence-electron chi connectivity index (χ4n) is 3.02. The predicted octanol–water partition coefficient (Wildman–Crippen LogP) is 2.06. The van der Waals surface area contributed by atoms with Crippen molar-refractivity contribution in [2.24, 2.45) is 22.5 Å². The van der Waals surface area contributed by atoms with Gasteiger partial charge in [-0.15, -0.1) is 0 Å². The minimum atomic E-state index is -0.203. The van der Waals surface area contributed by atoms with E-state index in [0.717, 1.165) is 25.3 Å². The molecule has 0 radical (unpaired) electrons. The van der Waals surface area contributed by atoms with Crippen molar-refractivity contribution in [2.45, 2.75) is 52.4 Å². The SMILES string of the molecule is CC(C)(CNC(=O)C1(CN)CC1)C1CCCC1. The van der Waals surface area contributed by atoms with Crippen LogP contribution >= 0.6 is 0 Å².